The normalized spacial score (nSPS) is 15.3. The van der Waals surface area contributed by atoms with E-state index in [0.717, 1.165) is 30.4 Å². The summed E-state index contributed by atoms with van der Waals surface area (Å²) in [5, 5.41) is 5.80. The number of rotatable bonds is 4. The molecular weight excluding hydrogens is 290 g/mol. The Balaban J connectivity index is 1.85. The van der Waals surface area contributed by atoms with Crippen LogP contribution in [0.3, 0.4) is 0 Å². The highest BCUT2D eigenvalue weighted by Crippen LogP contribution is 2.16. The molecule has 1 aliphatic rings. The van der Waals surface area contributed by atoms with Crippen LogP contribution in [-0.4, -0.2) is 42.5 Å². The van der Waals surface area contributed by atoms with Crippen LogP contribution in [0.4, 0.5) is 4.79 Å². The van der Waals surface area contributed by atoms with Gasteiger partial charge in [0.05, 0.1) is 0 Å². The summed E-state index contributed by atoms with van der Waals surface area (Å²) in [6, 6.07) is 5.89. The minimum absolute atomic E-state index is 0.0852. The molecule has 1 fully saturated rings. The number of urea groups is 1. The van der Waals surface area contributed by atoms with Crippen LogP contribution < -0.4 is 10.6 Å². The zero-order valence-corrected chi connectivity index (χ0v) is 14.3. The second kappa shape index (κ2) is 7.99. The fourth-order valence-corrected chi connectivity index (χ4v) is 2.76. The van der Waals surface area contributed by atoms with Crippen molar-refractivity contribution in [2.24, 2.45) is 0 Å². The van der Waals surface area contributed by atoms with Crippen molar-refractivity contribution >= 4 is 11.9 Å². The first-order chi connectivity index (χ1) is 11.0. The molecule has 0 unspecified atom stereocenters. The molecule has 0 spiro atoms. The molecule has 1 aromatic rings. The molecule has 0 radical (unpaired) electrons. The number of carbonyl (C=O) groups is 2. The Labute approximate surface area is 138 Å². The van der Waals surface area contributed by atoms with E-state index >= 15 is 0 Å². The van der Waals surface area contributed by atoms with Crippen molar-refractivity contribution in [3.8, 4) is 0 Å². The molecule has 1 saturated heterocycles. The number of hydrogen-bond donors (Lipinski definition) is 2. The first kappa shape index (κ1) is 17.3. The van der Waals surface area contributed by atoms with Crippen molar-refractivity contribution < 1.29 is 9.59 Å². The third-order valence-electron chi connectivity index (χ3n) is 4.41. The maximum absolute atomic E-state index is 12.6. The monoisotopic (exact) mass is 317 g/mol. The summed E-state index contributed by atoms with van der Waals surface area (Å²) in [5.74, 6) is 0.0852. The van der Waals surface area contributed by atoms with Crippen LogP contribution in [0.15, 0.2) is 18.2 Å². The molecular formula is C18H27N3O2. The van der Waals surface area contributed by atoms with Crippen LogP contribution in [0.2, 0.25) is 0 Å². The first-order valence-electron chi connectivity index (χ1n) is 8.42. The van der Waals surface area contributed by atoms with E-state index in [9.17, 15) is 9.59 Å². The highest BCUT2D eigenvalue weighted by Gasteiger charge is 2.24. The smallest absolute Gasteiger partial charge is 0.315 e. The van der Waals surface area contributed by atoms with E-state index in [-0.39, 0.29) is 18.0 Å². The molecule has 0 aromatic heterocycles. The van der Waals surface area contributed by atoms with Crippen molar-refractivity contribution in [2.75, 3.05) is 19.6 Å². The Kier molecular flexibility index (Phi) is 6.02. The van der Waals surface area contributed by atoms with E-state index in [4.69, 9.17) is 0 Å². The van der Waals surface area contributed by atoms with Crippen molar-refractivity contribution in [2.45, 2.75) is 46.1 Å². The number of carbonyl (C=O) groups excluding carboxylic acids is 2. The quantitative estimate of drug-likeness (QED) is 0.897. The maximum Gasteiger partial charge on any atom is 0.315 e. The average Bonchev–Trinajstić information content (AvgIpc) is 2.55. The molecule has 126 valence electrons. The van der Waals surface area contributed by atoms with E-state index in [1.807, 2.05) is 43.9 Å². The van der Waals surface area contributed by atoms with E-state index in [1.54, 1.807) is 0 Å². The highest BCUT2D eigenvalue weighted by molar-refractivity contribution is 5.94. The summed E-state index contributed by atoms with van der Waals surface area (Å²) < 4.78 is 0. The number of aryl methyl sites for hydroxylation is 2. The molecule has 23 heavy (non-hydrogen) atoms. The zero-order valence-electron chi connectivity index (χ0n) is 14.3. The van der Waals surface area contributed by atoms with Gasteiger partial charge in [-0.2, -0.15) is 0 Å². The fourth-order valence-electron chi connectivity index (χ4n) is 2.76. The summed E-state index contributed by atoms with van der Waals surface area (Å²) in [5.41, 5.74) is 3.09. The van der Waals surface area contributed by atoms with Crippen LogP contribution in [0.1, 0.15) is 47.7 Å². The van der Waals surface area contributed by atoms with Crippen LogP contribution >= 0.6 is 0 Å². The lowest BCUT2D eigenvalue weighted by atomic mass is 10.0. The minimum atomic E-state index is -0.106. The van der Waals surface area contributed by atoms with Crippen LogP contribution in [-0.2, 0) is 0 Å². The van der Waals surface area contributed by atoms with Gasteiger partial charge in [0.1, 0.15) is 0 Å². The van der Waals surface area contributed by atoms with E-state index in [2.05, 4.69) is 10.6 Å². The maximum atomic E-state index is 12.6. The number of hydrogen-bond acceptors (Lipinski definition) is 2. The lowest BCUT2D eigenvalue weighted by molar-refractivity contribution is 0.0708. The molecule has 1 aromatic carbocycles. The van der Waals surface area contributed by atoms with Gasteiger partial charge in [-0.3, -0.25) is 4.79 Å². The van der Waals surface area contributed by atoms with Crippen molar-refractivity contribution in [3.63, 3.8) is 0 Å². The lowest BCUT2D eigenvalue weighted by Crippen LogP contribution is -2.49. The minimum Gasteiger partial charge on any atom is -0.338 e. The molecule has 2 N–H and O–H groups in total. The number of nitrogens with one attached hydrogen (secondary N) is 2. The number of nitrogens with zero attached hydrogens (tertiary/aromatic N) is 1. The first-order valence-corrected chi connectivity index (χ1v) is 8.42. The van der Waals surface area contributed by atoms with E-state index in [0.29, 0.717) is 19.6 Å². The van der Waals surface area contributed by atoms with Crippen LogP contribution in [0.25, 0.3) is 0 Å². The summed E-state index contributed by atoms with van der Waals surface area (Å²) in [4.78, 5) is 26.1. The van der Waals surface area contributed by atoms with Crippen molar-refractivity contribution in [1.29, 1.82) is 0 Å². The largest absolute Gasteiger partial charge is 0.338 e. The molecule has 1 aliphatic heterocycles. The summed E-state index contributed by atoms with van der Waals surface area (Å²) in [7, 11) is 0. The van der Waals surface area contributed by atoms with Gasteiger partial charge >= 0.3 is 6.03 Å². The van der Waals surface area contributed by atoms with E-state index in [1.165, 1.54) is 5.56 Å². The number of likely N-dealkylation sites (tertiary alicyclic amines) is 1. The summed E-state index contributed by atoms with van der Waals surface area (Å²) >= 11 is 0. The zero-order chi connectivity index (χ0) is 16.8. The third-order valence-corrected chi connectivity index (χ3v) is 4.41. The summed E-state index contributed by atoms with van der Waals surface area (Å²) in [6.45, 7) is 8.16. The van der Waals surface area contributed by atoms with Gasteiger partial charge in [-0.15, -0.1) is 0 Å². The second-order valence-corrected chi connectivity index (χ2v) is 6.27. The van der Waals surface area contributed by atoms with Gasteiger partial charge in [0.25, 0.3) is 5.91 Å². The Bertz CT molecular complexity index is 563. The van der Waals surface area contributed by atoms with Crippen molar-refractivity contribution in [3.05, 3.63) is 34.9 Å². The topological polar surface area (TPSA) is 61.4 Å². The number of amides is 3. The van der Waals surface area contributed by atoms with Gasteiger partial charge in [-0.05, 0) is 56.4 Å². The Hall–Kier alpha value is -2.04. The molecule has 2 rings (SSSR count). The Morgan fingerprint density at radius 3 is 2.48 bits per heavy atom. The van der Waals surface area contributed by atoms with Crippen LogP contribution in [0, 0.1) is 13.8 Å². The standard InChI is InChI=1S/C18H27N3O2/c1-4-9-19-18(23)20-16-7-10-21(11-8-16)17(22)15-6-5-13(2)14(3)12-15/h5-6,12,16H,4,7-11H2,1-3H3,(H2,19,20,23). The van der Waals surface area contributed by atoms with Gasteiger partial charge in [0.15, 0.2) is 0 Å². The van der Waals surface area contributed by atoms with Gasteiger partial charge in [-0.1, -0.05) is 13.0 Å². The Morgan fingerprint density at radius 2 is 1.87 bits per heavy atom. The Morgan fingerprint density at radius 1 is 1.17 bits per heavy atom. The molecule has 1 heterocycles. The van der Waals surface area contributed by atoms with Gasteiger partial charge in [0.2, 0.25) is 0 Å². The third kappa shape index (κ3) is 4.71. The van der Waals surface area contributed by atoms with Crippen LogP contribution in [0.5, 0.6) is 0 Å². The van der Waals surface area contributed by atoms with Gasteiger partial charge in [-0.25, -0.2) is 4.79 Å². The van der Waals surface area contributed by atoms with Crippen molar-refractivity contribution in [1.82, 2.24) is 15.5 Å². The molecule has 0 aliphatic carbocycles. The molecule has 0 atom stereocenters. The predicted octanol–water partition coefficient (Wildman–Crippen LogP) is 2.62. The SMILES string of the molecule is CCCNC(=O)NC1CCN(C(=O)c2ccc(C)c(C)c2)CC1. The molecule has 0 saturated carbocycles. The van der Waals surface area contributed by atoms with Gasteiger partial charge in [0, 0.05) is 31.2 Å². The van der Waals surface area contributed by atoms with E-state index < -0.39 is 0 Å². The molecule has 0 bridgehead atoms. The lowest BCUT2D eigenvalue weighted by Gasteiger charge is -2.32. The molecule has 5 heteroatoms. The average molecular weight is 317 g/mol. The number of benzene rings is 1. The molecule has 3 amide bonds. The second-order valence-electron chi connectivity index (χ2n) is 6.27. The fraction of sp³-hybridized carbons (Fsp3) is 0.556. The summed E-state index contributed by atoms with van der Waals surface area (Å²) in [6.07, 6.45) is 2.53. The predicted molar refractivity (Wildman–Crippen MR) is 91.7 cm³/mol. The van der Waals surface area contributed by atoms with Gasteiger partial charge < -0.3 is 15.5 Å². The molecule has 5 nitrogen and oxygen atoms in total. The highest BCUT2D eigenvalue weighted by atomic mass is 16.2. The number of piperidine rings is 1.